The smallest absolute Gasteiger partial charge is 0.0239 e. The number of nitrogens with zero attached hydrogens (tertiary/aromatic N) is 1. The molecule has 2 fully saturated rings. The first-order valence-corrected chi connectivity index (χ1v) is 8.35. The lowest BCUT2D eigenvalue weighted by molar-refractivity contribution is 0.149. The van der Waals surface area contributed by atoms with Crippen LogP contribution in [0.4, 0.5) is 0 Å². The monoisotopic (exact) mass is 272 g/mol. The largest absolute Gasteiger partial charge is 0.328 e. The zero-order chi connectivity index (χ0) is 13.9. The van der Waals surface area contributed by atoms with Crippen LogP contribution in [0.2, 0.25) is 0 Å². The minimum absolute atomic E-state index is 0.448. The van der Waals surface area contributed by atoms with E-state index in [9.17, 15) is 0 Å². The third-order valence-electron chi connectivity index (χ3n) is 5.11. The molecule has 0 spiro atoms. The zero-order valence-electron chi connectivity index (χ0n) is 12.7. The minimum atomic E-state index is 0.448. The Kier molecular flexibility index (Phi) is 4.42. The summed E-state index contributed by atoms with van der Waals surface area (Å²) in [6, 6.07) is 10.3. The van der Waals surface area contributed by atoms with Gasteiger partial charge < -0.3 is 5.73 Å². The summed E-state index contributed by atoms with van der Waals surface area (Å²) < 4.78 is 0. The average Bonchev–Trinajstić information content (AvgIpc) is 3.31. The van der Waals surface area contributed by atoms with Crippen molar-refractivity contribution in [2.75, 3.05) is 6.54 Å². The van der Waals surface area contributed by atoms with Gasteiger partial charge in [-0.2, -0.15) is 0 Å². The first-order valence-electron chi connectivity index (χ1n) is 8.35. The Balaban J connectivity index is 1.68. The maximum absolute atomic E-state index is 6.04. The van der Waals surface area contributed by atoms with Crippen molar-refractivity contribution in [1.82, 2.24) is 4.90 Å². The second-order valence-corrected chi connectivity index (χ2v) is 6.60. The Morgan fingerprint density at radius 1 is 1.05 bits per heavy atom. The molecular weight excluding hydrogens is 244 g/mol. The molecule has 20 heavy (non-hydrogen) atoms. The van der Waals surface area contributed by atoms with Crippen LogP contribution in [0.3, 0.4) is 0 Å². The quantitative estimate of drug-likeness (QED) is 0.886. The van der Waals surface area contributed by atoms with Crippen molar-refractivity contribution < 1.29 is 0 Å². The van der Waals surface area contributed by atoms with E-state index in [1.807, 2.05) is 0 Å². The van der Waals surface area contributed by atoms with Gasteiger partial charge in [-0.25, -0.2) is 0 Å². The molecule has 3 rings (SSSR count). The summed E-state index contributed by atoms with van der Waals surface area (Å²) in [6.07, 6.45) is 7.74. The van der Waals surface area contributed by atoms with E-state index in [0.717, 1.165) is 25.0 Å². The second-order valence-electron chi connectivity index (χ2n) is 6.60. The predicted molar refractivity (Wildman–Crippen MR) is 84.7 cm³/mol. The Morgan fingerprint density at radius 3 is 2.40 bits per heavy atom. The van der Waals surface area contributed by atoms with Gasteiger partial charge in [0.2, 0.25) is 0 Å². The molecule has 0 saturated heterocycles. The molecule has 110 valence electrons. The van der Waals surface area contributed by atoms with Crippen LogP contribution >= 0.6 is 0 Å². The van der Waals surface area contributed by atoms with Crippen LogP contribution in [-0.4, -0.2) is 23.5 Å². The van der Waals surface area contributed by atoms with Gasteiger partial charge in [-0.3, -0.25) is 4.90 Å². The van der Waals surface area contributed by atoms with Crippen molar-refractivity contribution >= 4 is 0 Å². The van der Waals surface area contributed by atoms with Gasteiger partial charge in [0.05, 0.1) is 0 Å². The van der Waals surface area contributed by atoms with Crippen molar-refractivity contribution in [3.63, 3.8) is 0 Å². The van der Waals surface area contributed by atoms with Crippen molar-refractivity contribution in [2.24, 2.45) is 5.73 Å². The van der Waals surface area contributed by atoms with E-state index in [0.29, 0.717) is 6.04 Å². The van der Waals surface area contributed by atoms with Crippen molar-refractivity contribution in [2.45, 2.75) is 70.0 Å². The van der Waals surface area contributed by atoms with Gasteiger partial charge >= 0.3 is 0 Å². The molecular formula is C18H28N2. The molecule has 0 heterocycles. The highest BCUT2D eigenvalue weighted by molar-refractivity contribution is 5.33. The fraction of sp³-hybridized carbons (Fsp3) is 0.667. The Labute approximate surface area is 123 Å². The lowest BCUT2D eigenvalue weighted by Gasteiger charge is -2.35. The van der Waals surface area contributed by atoms with E-state index >= 15 is 0 Å². The van der Waals surface area contributed by atoms with Crippen LogP contribution < -0.4 is 5.73 Å². The van der Waals surface area contributed by atoms with Gasteiger partial charge in [-0.15, -0.1) is 0 Å². The minimum Gasteiger partial charge on any atom is -0.328 e. The van der Waals surface area contributed by atoms with Gasteiger partial charge in [0, 0.05) is 18.6 Å². The Bertz CT molecular complexity index is 431. The second kappa shape index (κ2) is 6.28. The molecule has 2 heteroatoms. The molecule has 0 bridgehead atoms. The average molecular weight is 272 g/mol. The molecule has 2 aliphatic carbocycles. The molecule has 0 aromatic heterocycles. The highest BCUT2D eigenvalue weighted by atomic mass is 15.1. The highest BCUT2D eigenvalue weighted by Gasteiger charge is 2.28. The summed E-state index contributed by atoms with van der Waals surface area (Å²) in [5, 5.41) is 0. The van der Waals surface area contributed by atoms with E-state index in [1.165, 1.54) is 38.5 Å². The SMILES string of the molecule is CCN(Cc1ccccc1C1CC1)C1CCC(N)CC1. The maximum Gasteiger partial charge on any atom is 0.0239 e. The van der Waals surface area contributed by atoms with Crippen molar-refractivity contribution in [3.05, 3.63) is 35.4 Å². The molecule has 0 amide bonds. The fourth-order valence-electron chi connectivity index (χ4n) is 3.66. The Morgan fingerprint density at radius 2 is 1.75 bits per heavy atom. The maximum atomic E-state index is 6.04. The van der Waals surface area contributed by atoms with E-state index in [4.69, 9.17) is 5.73 Å². The van der Waals surface area contributed by atoms with Crippen LogP contribution in [0.15, 0.2) is 24.3 Å². The lowest BCUT2D eigenvalue weighted by Crippen LogP contribution is -2.40. The number of rotatable bonds is 5. The third kappa shape index (κ3) is 3.24. The molecule has 2 aliphatic rings. The third-order valence-corrected chi connectivity index (χ3v) is 5.11. The first-order chi connectivity index (χ1) is 9.78. The van der Waals surface area contributed by atoms with Gasteiger partial charge in [-0.05, 0) is 62.1 Å². The fourth-order valence-corrected chi connectivity index (χ4v) is 3.66. The van der Waals surface area contributed by atoms with Crippen molar-refractivity contribution in [1.29, 1.82) is 0 Å². The molecule has 1 aromatic carbocycles. The molecule has 2 saturated carbocycles. The predicted octanol–water partition coefficient (Wildman–Crippen LogP) is 3.66. The molecule has 1 aromatic rings. The molecule has 2 N–H and O–H groups in total. The summed E-state index contributed by atoms with van der Waals surface area (Å²) in [5.74, 6) is 0.852. The zero-order valence-corrected chi connectivity index (χ0v) is 12.7. The van der Waals surface area contributed by atoms with Gasteiger partial charge in [-0.1, -0.05) is 31.2 Å². The van der Waals surface area contributed by atoms with E-state index in [1.54, 1.807) is 11.1 Å². The number of nitrogens with two attached hydrogens (primary N) is 1. The normalized spacial score (nSPS) is 26.9. The summed E-state index contributed by atoms with van der Waals surface area (Å²) in [4.78, 5) is 2.67. The van der Waals surface area contributed by atoms with Crippen molar-refractivity contribution in [3.8, 4) is 0 Å². The van der Waals surface area contributed by atoms with Gasteiger partial charge in [0.25, 0.3) is 0 Å². The lowest BCUT2D eigenvalue weighted by atomic mass is 9.90. The standard InChI is InChI=1S/C18H28N2/c1-2-20(17-11-9-16(19)10-12-17)13-15-5-3-4-6-18(15)14-7-8-14/h3-6,14,16-17H,2,7-13,19H2,1H3. The molecule has 2 nitrogen and oxygen atoms in total. The highest BCUT2D eigenvalue weighted by Crippen LogP contribution is 2.42. The first kappa shape index (κ1) is 14.1. The van der Waals surface area contributed by atoms with Crippen LogP contribution in [0, 0.1) is 0 Å². The van der Waals surface area contributed by atoms with Gasteiger partial charge in [0.15, 0.2) is 0 Å². The molecule has 0 aliphatic heterocycles. The van der Waals surface area contributed by atoms with Crippen LogP contribution in [-0.2, 0) is 6.54 Å². The van der Waals surface area contributed by atoms with Crippen LogP contribution in [0.5, 0.6) is 0 Å². The number of benzene rings is 1. The van der Waals surface area contributed by atoms with E-state index < -0.39 is 0 Å². The topological polar surface area (TPSA) is 29.3 Å². The molecule has 0 atom stereocenters. The van der Waals surface area contributed by atoms with E-state index in [-0.39, 0.29) is 0 Å². The van der Waals surface area contributed by atoms with Crippen LogP contribution in [0.1, 0.15) is 62.5 Å². The van der Waals surface area contributed by atoms with Crippen LogP contribution in [0.25, 0.3) is 0 Å². The number of hydrogen-bond acceptors (Lipinski definition) is 2. The molecule has 0 unspecified atom stereocenters. The summed E-state index contributed by atoms with van der Waals surface area (Å²) in [5.41, 5.74) is 9.22. The number of hydrogen-bond donors (Lipinski definition) is 1. The summed E-state index contributed by atoms with van der Waals surface area (Å²) >= 11 is 0. The Hall–Kier alpha value is -0.860. The van der Waals surface area contributed by atoms with E-state index in [2.05, 4.69) is 36.1 Å². The van der Waals surface area contributed by atoms with Gasteiger partial charge in [0.1, 0.15) is 0 Å². The summed E-state index contributed by atoms with van der Waals surface area (Å²) in [6.45, 7) is 4.58. The summed E-state index contributed by atoms with van der Waals surface area (Å²) in [7, 11) is 0. The molecule has 0 radical (unpaired) electrons.